The minimum atomic E-state index is -4.39. The monoisotopic (exact) mass is 228 g/mol. The van der Waals surface area contributed by atoms with Crippen LogP contribution in [-0.2, 0) is 9.47 Å². The molecule has 0 radical (unpaired) electrons. The van der Waals surface area contributed by atoms with E-state index in [1.807, 2.05) is 0 Å². The fourth-order valence-corrected chi connectivity index (χ4v) is 0.902. The summed E-state index contributed by atoms with van der Waals surface area (Å²) in [6.45, 7) is 7.66. The zero-order chi connectivity index (χ0) is 12.3. The van der Waals surface area contributed by atoms with Crippen molar-refractivity contribution in [1.82, 2.24) is 0 Å². The van der Waals surface area contributed by atoms with Crippen molar-refractivity contribution in [2.45, 2.75) is 58.6 Å². The molecule has 0 rings (SSSR count). The van der Waals surface area contributed by atoms with Gasteiger partial charge in [0.05, 0.1) is 18.3 Å². The molecule has 0 aliphatic carbocycles. The van der Waals surface area contributed by atoms with Crippen LogP contribution in [0.1, 0.15) is 34.6 Å². The van der Waals surface area contributed by atoms with Gasteiger partial charge in [-0.05, 0) is 34.6 Å². The van der Waals surface area contributed by atoms with Gasteiger partial charge in [-0.3, -0.25) is 0 Å². The Hall–Kier alpha value is -0.290. The summed E-state index contributed by atoms with van der Waals surface area (Å²) in [5, 5.41) is 0. The average Bonchev–Trinajstić information content (AvgIpc) is 1.93. The summed E-state index contributed by atoms with van der Waals surface area (Å²) in [6.07, 6.45) is -6.49. The van der Waals surface area contributed by atoms with Gasteiger partial charge in [-0.2, -0.15) is 13.2 Å². The van der Waals surface area contributed by atoms with Crippen molar-refractivity contribution in [3.63, 3.8) is 0 Å². The molecule has 0 amide bonds. The average molecular weight is 228 g/mol. The third-order valence-corrected chi connectivity index (χ3v) is 1.44. The zero-order valence-electron chi connectivity index (χ0n) is 9.81. The first-order valence-electron chi connectivity index (χ1n) is 4.88. The minimum absolute atomic E-state index is 0.238. The van der Waals surface area contributed by atoms with Crippen molar-refractivity contribution in [3.8, 4) is 0 Å². The summed E-state index contributed by atoms with van der Waals surface area (Å²) >= 11 is 0. The molecule has 0 bridgehead atoms. The lowest BCUT2D eigenvalue weighted by atomic mass is 10.2. The van der Waals surface area contributed by atoms with Crippen LogP contribution in [-0.4, -0.2) is 30.6 Å². The van der Waals surface area contributed by atoms with Crippen molar-refractivity contribution in [1.29, 1.82) is 0 Å². The highest BCUT2D eigenvalue weighted by Gasteiger charge is 2.43. The van der Waals surface area contributed by atoms with E-state index in [9.17, 15) is 13.2 Å². The summed E-state index contributed by atoms with van der Waals surface area (Å²) in [7, 11) is 0. The van der Waals surface area contributed by atoms with Gasteiger partial charge >= 0.3 is 6.18 Å². The third kappa shape index (κ3) is 7.62. The molecule has 0 fully saturated rings. The minimum Gasteiger partial charge on any atom is -0.376 e. The van der Waals surface area contributed by atoms with E-state index in [0.29, 0.717) is 0 Å². The van der Waals surface area contributed by atoms with Crippen molar-refractivity contribution in [2.24, 2.45) is 0 Å². The molecule has 0 aromatic carbocycles. The van der Waals surface area contributed by atoms with Gasteiger partial charge in [0.1, 0.15) is 0 Å². The molecule has 15 heavy (non-hydrogen) atoms. The Morgan fingerprint density at radius 2 is 1.53 bits per heavy atom. The molecule has 0 heterocycles. The van der Waals surface area contributed by atoms with Crippen LogP contribution < -0.4 is 0 Å². The van der Waals surface area contributed by atoms with Crippen LogP contribution in [0.3, 0.4) is 0 Å². The van der Waals surface area contributed by atoms with Crippen LogP contribution in [0.4, 0.5) is 13.2 Å². The number of halogens is 3. The largest absolute Gasteiger partial charge is 0.416 e. The van der Waals surface area contributed by atoms with Crippen molar-refractivity contribution < 1.29 is 22.6 Å². The van der Waals surface area contributed by atoms with Gasteiger partial charge in [0.15, 0.2) is 6.10 Å². The third-order valence-electron chi connectivity index (χ3n) is 1.44. The Bertz CT molecular complexity index is 182. The molecule has 0 aromatic rings. The zero-order valence-corrected chi connectivity index (χ0v) is 9.81. The summed E-state index contributed by atoms with van der Waals surface area (Å²) in [6, 6.07) is 0. The van der Waals surface area contributed by atoms with Crippen LogP contribution in [0.2, 0.25) is 0 Å². The topological polar surface area (TPSA) is 18.5 Å². The van der Waals surface area contributed by atoms with Gasteiger partial charge in [0.25, 0.3) is 0 Å². The van der Waals surface area contributed by atoms with Gasteiger partial charge in [0.2, 0.25) is 0 Å². The molecular formula is C10H19F3O2. The molecule has 0 unspecified atom stereocenters. The number of hydrogen-bond donors (Lipinski definition) is 0. The first-order valence-corrected chi connectivity index (χ1v) is 4.88. The highest BCUT2D eigenvalue weighted by atomic mass is 19.4. The summed E-state index contributed by atoms with van der Waals surface area (Å²) < 4.78 is 47.3. The van der Waals surface area contributed by atoms with Gasteiger partial charge < -0.3 is 9.47 Å². The van der Waals surface area contributed by atoms with Gasteiger partial charge in [-0.25, -0.2) is 0 Å². The fourth-order valence-electron chi connectivity index (χ4n) is 0.902. The SMILES string of the molecule is CC(C)OC[C@@H](OC(C)(C)C)C(F)(F)F. The normalized spacial score (nSPS) is 15.8. The maximum absolute atomic E-state index is 12.5. The Kier molecular flexibility index (Phi) is 5.06. The Morgan fingerprint density at radius 1 is 1.07 bits per heavy atom. The molecule has 5 heteroatoms. The first-order chi connectivity index (χ1) is 6.52. The van der Waals surface area contributed by atoms with E-state index >= 15 is 0 Å². The number of hydrogen-bond acceptors (Lipinski definition) is 2. The lowest BCUT2D eigenvalue weighted by molar-refractivity contribution is -0.259. The maximum Gasteiger partial charge on any atom is 0.416 e. The molecule has 0 spiro atoms. The van der Waals surface area contributed by atoms with E-state index in [2.05, 4.69) is 0 Å². The smallest absolute Gasteiger partial charge is 0.376 e. The highest BCUT2D eigenvalue weighted by molar-refractivity contribution is 4.72. The predicted molar refractivity (Wildman–Crippen MR) is 51.8 cm³/mol. The van der Waals surface area contributed by atoms with Crippen LogP contribution in [0, 0.1) is 0 Å². The summed E-state index contributed by atoms with van der Waals surface area (Å²) in [4.78, 5) is 0. The van der Waals surface area contributed by atoms with E-state index in [4.69, 9.17) is 9.47 Å². The molecule has 2 nitrogen and oxygen atoms in total. The van der Waals surface area contributed by atoms with E-state index in [-0.39, 0.29) is 6.10 Å². The number of alkyl halides is 3. The Morgan fingerprint density at radius 3 is 1.80 bits per heavy atom. The second-order valence-corrected chi connectivity index (χ2v) is 4.64. The second kappa shape index (κ2) is 5.16. The number of rotatable bonds is 4. The van der Waals surface area contributed by atoms with E-state index < -0.39 is 24.5 Å². The van der Waals surface area contributed by atoms with Crippen LogP contribution in [0.25, 0.3) is 0 Å². The molecule has 1 atom stereocenters. The van der Waals surface area contributed by atoms with Gasteiger partial charge in [0, 0.05) is 0 Å². The predicted octanol–water partition coefficient (Wildman–Crippen LogP) is 3.16. The van der Waals surface area contributed by atoms with Crippen molar-refractivity contribution in [3.05, 3.63) is 0 Å². The van der Waals surface area contributed by atoms with Crippen LogP contribution >= 0.6 is 0 Å². The molecular weight excluding hydrogens is 209 g/mol. The molecule has 0 aromatic heterocycles. The molecule has 0 aliphatic heterocycles. The second-order valence-electron chi connectivity index (χ2n) is 4.64. The van der Waals surface area contributed by atoms with Crippen molar-refractivity contribution >= 4 is 0 Å². The van der Waals surface area contributed by atoms with E-state index in [1.54, 1.807) is 34.6 Å². The van der Waals surface area contributed by atoms with E-state index in [0.717, 1.165) is 0 Å². The number of ether oxygens (including phenoxy) is 2. The molecule has 0 N–H and O–H groups in total. The summed E-state index contributed by atoms with van der Waals surface area (Å²) in [5.74, 6) is 0. The molecule has 0 saturated heterocycles. The molecule has 92 valence electrons. The molecule has 0 aliphatic rings. The maximum atomic E-state index is 12.5. The molecule has 0 saturated carbocycles. The highest BCUT2D eigenvalue weighted by Crippen LogP contribution is 2.27. The standard InChI is InChI=1S/C10H19F3O2/c1-7(2)14-6-8(10(11,12)13)15-9(3,4)5/h7-8H,6H2,1-5H3/t8-/m1/s1. The lowest BCUT2D eigenvalue weighted by Crippen LogP contribution is -2.41. The Labute approximate surface area is 88.7 Å². The van der Waals surface area contributed by atoms with Gasteiger partial charge in [-0.1, -0.05) is 0 Å². The Balaban J connectivity index is 4.34. The van der Waals surface area contributed by atoms with E-state index in [1.165, 1.54) is 0 Å². The first kappa shape index (κ1) is 14.7. The van der Waals surface area contributed by atoms with Crippen LogP contribution in [0.15, 0.2) is 0 Å². The fraction of sp³-hybridized carbons (Fsp3) is 1.00. The van der Waals surface area contributed by atoms with Crippen molar-refractivity contribution in [2.75, 3.05) is 6.61 Å². The quantitative estimate of drug-likeness (QED) is 0.735. The lowest BCUT2D eigenvalue weighted by Gasteiger charge is -2.29. The van der Waals surface area contributed by atoms with Gasteiger partial charge in [-0.15, -0.1) is 0 Å². The van der Waals surface area contributed by atoms with Crippen LogP contribution in [0.5, 0.6) is 0 Å². The summed E-state index contributed by atoms with van der Waals surface area (Å²) in [5.41, 5.74) is -0.833.